The van der Waals surface area contributed by atoms with Gasteiger partial charge in [0.25, 0.3) is 0 Å². The van der Waals surface area contributed by atoms with Gasteiger partial charge in [-0.15, -0.1) is 0 Å². The van der Waals surface area contributed by atoms with E-state index in [1.807, 2.05) is 19.1 Å². The van der Waals surface area contributed by atoms with Crippen molar-refractivity contribution in [2.45, 2.75) is 19.9 Å². The molecule has 1 atom stereocenters. The molecule has 1 heterocycles. The number of rotatable bonds is 3. The molecule has 86 valence electrons. The van der Waals surface area contributed by atoms with Gasteiger partial charge in [-0.1, -0.05) is 24.3 Å². The number of amides is 1. The standard InChI is InChI=1S/C13H18N2O/c1-9-5-3-4-6-12(9)10(2)15-13(16)11-7-14-8-11/h3-6,10-11,14H,7-8H2,1-2H3,(H,15,16). The van der Waals surface area contributed by atoms with Crippen molar-refractivity contribution in [1.29, 1.82) is 0 Å². The fraction of sp³-hybridized carbons (Fsp3) is 0.462. The SMILES string of the molecule is Cc1ccccc1C(C)NC(=O)C1CNC1. The molecule has 1 fully saturated rings. The highest BCUT2D eigenvalue weighted by atomic mass is 16.2. The summed E-state index contributed by atoms with van der Waals surface area (Å²) in [6.07, 6.45) is 0. The Balaban J connectivity index is 1.99. The van der Waals surface area contributed by atoms with Crippen molar-refractivity contribution in [2.75, 3.05) is 13.1 Å². The van der Waals surface area contributed by atoms with Crippen LogP contribution in [0.25, 0.3) is 0 Å². The maximum absolute atomic E-state index is 11.8. The summed E-state index contributed by atoms with van der Waals surface area (Å²) in [5, 5.41) is 6.17. The quantitative estimate of drug-likeness (QED) is 0.805. The maximum Gasteiger partial charge on any atom is 0.226 e. The van der Waals surface area contributed by atoms with Crippen LogP contribution in [-0.2, 0) is 4.79 Å². The molecule has 16 heavy (non-hydrogen) atoms. The summed E-state index contributed by atoms with van der Waals surface area (Å²) in [4.78, 5) is 11.8. The van der Waals surface area contributed by atoms with Crippen LogP contribution in [-0.4, -0.2) is 19.0 Å². The first-order valence-electron chi connectivity index (χ1n) is 5.75. The molecule has 1 aliphatic heterocycles. The van der Waals surface area contributed by atoms with Crippen LogP contribution < -0.4 is 10.6 Å². The third-order valence-corrected chi connectivity index (χ3v) is 3.17. The first-order chi connectivity index (χ1) is 7.68. The van der Waals surface area contributed by atoms with Gasteiger partial charge in [0.1, 0.15) is 0 Å². The number of nitrogens with one attached hydrogen (secondary N) is 2. The molecule has 0 aromatic heterocycles. The van der Waals surface area contributed by atoms with Crippen molar-refractivity contribution in [3.8, 4) is 0 Å². The molecular formula is C13H18N2O. The van der Waals surface area contributed by atoms with E-state index in [1.165, 1.54) is 11.1 Å². The first kappa shape index (κ1) is 11.1. The Labute approximate surface area is 96.2 Å². The molecule has 3 nitrogen and oxygen atoms in total. The Morgan fingerprint density at radius 1 is 1.44 bits per heavy atom. The van der Waals surface area contributed by atoms with E-state index in [0.717, 1.165) is 13.1 Å². The van der Waals surface area contributed by atoms with E-state index >= 15 is 0 Å². The monoisotopic (exact) mass is 218 g/mol. The molecule has 2 rings (SSSR count). The lowest BCUT2D eigenvalue weighted by Crippen LogP contribution is -2.51. The van der Waals surface area contributed by atoms with Crippen LogP contribution in [0.15, 0.2) is 24.3 Å². The summed E-state index contributed by atoms with van der Waals surface area (Å²) in [5.74, 6) is 0.320. The zero-order chi connectivity index (χ0) is 11.5. The largest absolute Gasteiger partial charge is 0.349 e. The minimum Gasteiger partial charge on any atom is -0.349 e. The van der Waals surface area contributed by atoms with Gasteiger partial charge < -0.3 is 10.6 Å². The Morgan fingerprint density at radius 2 is 2.12 bits per heavy atom. The second-order valence-corrected chi connectivity index (χ2v) is 4.44. The van der Waals surface area contributed by atoms with Gasteiger partial charge in [-0.3, -0.25) is 4.79 Å². The predicted molar refractivity (Wildman–Crippen MR) is 64.1 cm³/mol. The zero-order valence-corrected chi connectivity index (χ0v) is 9.79. The van der Waals surface area contributed by atoms with Crippen LogP contribution >= 0.6 is 0 Å². The van der Waals surface area contributed by atoms with Gasteiger partial charge in [0.2, 0.25) is 5.91 Å². The summed E-state index contributed by atoms with van der Waals surface area (Å²) in [7, 11) is 0. The lowest BCUT2D eigenvalue weighted by atomic mass is 9.99. The molecule has 1 aromatic rings. The van der Waals surface area contributed by atoms with Crippen molar-refractivity contribution in [1.82, 2.24) is 10.6 Å². The summed E-state index contributed by atoms with van der Waals surface area (Å²) in [6, 6.07) is 8.26. The predicted octanol–water partition coefficient (Wildman–Crippen LogP) is 1.39. The minimum absolute atomic E-state index is 0.0919. The van der Waals surface area contributed by atoms with Crippen LogP contribution in [0.4, 0.5) is 0 Å². The van der Waals surface area contributed by atoms with Crippen molar-refractivity contribution in [3.05, 3.63) is 35.4 Å². The van der Waals surface area contributed by atoms with Gasteiger partial charge in [-0.2, -0.15) is 0 Å². The van der Waals surface area contributed by atoms with Crippen LogP contribution in [0.5, 0.6) is 0 Å². The van der Waals surface area contributed by atoms with Crippen LogP contribution in [0, 0.1) is 12.8 Å². The lowest BCUT2D eigenvalue weighted by molar-refractivity contribution is -0.127. The first-order valence-corrected chi connectivity index (χ1v) is 5.75. The molecule has 0 radical (unpaired) electrons. The number of aryl methyl sites for hydroxylation is 1. The summed E-state index contributed by atoms with van der Waals surface area (Å²) in [6.45, 7) is 5.73. The summed E-state index contributed by atoms with van der Waals surface area (Å²) < 4.78 is 0. The molecule has 2 N–H and O–H groups in total. The highest BCUT2D eigenvalue weighted by Gasteiger charge is 2.25. The zero-order valence-electron chi connectivity index (χ0n) is 9.79. The van der Waals surface area contributed by atoms with E-state index in [2.05, 4.69) is 29.7 Å². The molecule has 0 aliphatic carbocycles. The van der Waals surface area contributed by atoms with Gasteiger partial charge in [0, 0.05) is 13.1 Å². The van der Waals surface area contributed by atoms with E-state index < -0.39 is 0 Å². The van der Waals surface area contributed by atoms with Gasteiger partial charge in [0.15, 0.2) is 0 Å². The summed E-state index contributed by atoms with van der Waals surface area (Å²) >= 11 is 0. The van der Waals surface area contributed by atoms with Gasteiger partial charge in [-0.05, 0) is 25.0 Å². The number of benzene rings is 1. The molecule has 1 aliphatic rings. The highest BCUT2D eigenvalue weighted by molar-refractivity contribution is 5.80. The van der Waals surface area contributed by atoms with Crippen LogP contribution in [0.2, 0.25) is 0 Å². The number of carbonyl (C=O) groups excluding carboxylic acids is 1. The Morgan fingerprint density at radius 3 is 2.69 bits per heavy atom. The second kappa shape index (κ2) is 4.66. The van der Waals surface area contributed by atoms with Crippen molar-refractivity contribution < 1.29 is 4.79 Å². The van der Waals surface area contributed by atoms with Crippen LogP contribution in [0.3, 0.4) is 0 Å². The Kier molecular flexibility index (Phi) is 3.25. The van der Waals surface area contributed by atoms with Gasteiger partial charge in [0.05, 0.1) is 12.0 Å². The molecule has 3 heteroatoms. The van der Waals surface area contributed by atoms with E-state index in [1.54, 1.807) is 0 Å². The highest BCUT2D eigenvalue weighted by Crippen LogP contribution is 2.17. The molecule has 0 saturated carbocycles. The van der Waals surface area contributed by atoms with E-state index in [9.17, 15) is 4.79 Å². The smallest absolute Gasteiger partial charge is 0.226 e. The molecule has 0 bridgehead atoms. The molecule has 0 spiro atoms. The fourth-order valence-corrected chi connectivity index (χ4v) is 1.96. The van der Waals surface area contributed by atoms with Crippen molar-refractivity contribution in [3.63, 3.8) is 0 Å². The molecule has 1 unspecified atom stereocenters. The van der Waals surface area contributed by atoms with Gasteiger partial charge in [-0.25, -0.2) is 0 Å². The van der Waals surface area contributed by atoms with Gasteiger partial charge >= 0.3 is 0 Å². The number of hydrogen-bond acceptors (Lipinski definition) is 2. The van der Waals surface area contributed by atoms with E-state index in [-0.39, 0.29) is 17.9 Å². The normalized spacial score (nSPS) is 17.6. The second-order valence-electron chi connectivity index (χ2n) is 4.44. The third kappa shape index (κ3) is 2.25. The van der Waals surface area contributed by atoms with Crippen LogP contribution in [0.1, 0.15) is 24.1 Å². The number of hydrogen-bond donors (Lipinski definition) is 2. The van der Waals surface area contributed by atoms with E-state index in [0.29, 0.717) is 0 Å². The van der Waals surface area contributed by atoms with E-state index in [4.69, 9.17) is 0 Å². The molecular weight excluding hydrogens is 200 g/mol. The fourth-order valence-electron chi connectivity index (χ4n) is 1.96. The maximum atomic E-state index is 11.8. The Hall–Kier alpha value is -1.35. The molecule has 1 aromatic carbocycles. The topological polar surface area (TPSA) is 41.1 Å². The molecule has 1 amide bonds. The van der Waals surface area contributed by atoms with Crippen molar-refractivity contribution in [2.24, 2.45) is 5.92 Å². The average Bonchev–Trinajstić information content (AvgIpc) is 2.15. The molecule has 1 saturated heterocycles. The number of carbonyl (C=O) groups is 1. The minimum atomic E-state index is 0.0919. The lowest BCUT2D eigenvalue weighted by Gasteiger charge is -2.28. The van der Waals surface area contributed by atoms with Crippen molar-refractivity contribution >= 4 is 5.91 Å². The Bertz CT molecular complexity index is 385. The summed E-state index contributed by atoms with van der Waals surface area (Å²) in [5.41, 5.74) is 2.42. The average molecular weight is 218 g/mol. The third-order valence-electron chi connectivity index (χ3n) is 3.17.